The van der Waals surface area contributed by atoms with E-state index in [1.807, 2.05) is 12.1 Å². The highest BCUT2D eigenvalue weighted by Gasteiger charge is 2.15. The largest absolute Gasteiger partial charge is 0.467 e. The summed E-state index contributed by atoms with van der Waals surface area (Å²) >= 11 is 1.23. The zero-order valence-electron chi connectivity index (χ0n) is 11.4. The van der Waals surface area contributed by atoms with E-state index in [9.17, 15) is 8.42 Å². The number of aromatic nitrogens is 1. The fourth-order valence-electron chi connectivity index (χ4n) is 1.80. The number of hydrogen-bond donors (Lipinski definition) is 2. The number of rotatable bonds is 6. The van der Waals surface area contributed by atoms with Gasteiger partial charge in [-0.05, 0) is 36.4 Å². The van der Waals surface area contributed by atoms with E-state index >= 15 is 0 Å². The summed E-state index contributed by atoms with van der Waals surface area (Å²) in [6.07, 6.45) is 3.15. The van der Waals surface area contributed by atoms with Gasteiger partial charge in [0.1, 0.15) is 5.76 Å². The third-order valence-corrected chi connectivity index (χ3v) is 5.04. The molecule has 3 rings (SSSR count). The van der Waals surface area contributed by atoms with E-state index in [4.69, 9.17) is 4.42 Å². The molecule has 0 fully saturated rings. The lowest BCUT2D eigenvalue weighted by Gasteiger charge is -2.07. The molecule has 0 bridgehead atoms. The van der Waals surface area contributed by atoms with Crippen molar-refractivity contribution >= 4 is 32.2 Å². The van der Waals surface area contributed by atoms with E-state index in [1.165, 1.54) is 11.3 Å². The minimum atomic E-state index is -3.61. The van der Waals surface area contributed by atoms with Crippen molar-refractivity contribution in [3.05, 3.63) is 60.0 Å². The summed E-state index contributed by atoms with van der Waals surface area (Å²) in [5.74, 6) is 0.808. The highest BCUT2D eigenvalue weighted by atomic mass is 32.2. The average molecular weight is 335 g/mol. The van der Waals surface area contributed by atoms with Crippen molar-refractivity contribution in [3.63, 3.8) is 0 Å². The number of thiazole rings is 1. The van der Waals surface area contributed by atoms with Crippen molar-refractivity contribution in [2.75, 3.05) is 10.0 Å². The summed E-state index contributed by atoms with van der Waals surface area (Å²) in [5.41, 5.74) is 0.810. The zero-order chi connectivity index (χ0) is 15.4. The normalized spacial score (nSPS) is 11.3. The van der Waals surface area contributed by atoms with Gasteiger partial charge in [-0.25, -0.2) is 13.4 Å². The third-order valence-electron chi connectivity index (χ3n) is 2.87. The van der Waals surface area contributed by atoms with E-state index in [1.54, 1.807) is 42.1 Å². The van der Waals surface area contributed by atoms with Crippen LogP contribution in [0.2, 0.25) is 0 Å². The van der Waals surface area contributed by atoms with Gasteiger partial charge in [-0.1, -0.05) is 0 Å². The van der Waals surface area contributed by atoms with Gasteiger partial charge in [-0.15, -0.1) is 11.3 Å². The van der Waals surface area contributed by atoms with Crippen molar-refractivity contribution in [1.82, 2.24) is 4.98 Å². The van der Waals surface area contributed by atoms with Gasteiger partial charge in [0.05, 0.1) is 17.7 Å². The highest BCUT2D eigenvalue weighted by Crippen LogP contribution is 2.19. The number of nitrogens with one attached hydrogen (secondary N) is 2. The predicted octanol–water partition coefficient (Wildman–Crippen LogP) is 3.15. The van der Waals surface area contributed by atoms with Gasteiger partial charge >= 0.3 is 0 Å². The van der Waals surface area contributed by atoms with E-state index in [0.29, 0.717) is 11.7 Å². The third kappa shape index (κ3) is 3.46. The number of sulfonamides is 1. The number of benzene rings is 1. The molecule has 0 aliphatic carbocycles. The molecule has 0 aliphatic heterocycles. The molecular formula is C14H13N3O3S2. The van der Waals surface area contributed by atoms with Gasteiger partial charge in [-0.2, -0.15) is 0 Å². The molecule has 0 amide bonds. The Hall–Kier alpha value is -2.32. The van der Waals surface area contributed by atoms with Crippen molar-refractivity contribution in [1.29, 1.82) is 0 Å². The quantitative estimate of drug-likeness (QED) is 0.723. The maximum atomic E-state index is 12.2. The molecule has 2 N–H and O–H groups in total. The Morgan fingerprint density at radius 3 is 2.64 bits per heavy atom. The first kappa shape index (κ1) is 14.6. The lowest BCUT2D eigenvalue weighted by atomic mass is 10.3. The summed E-state index contributed by atoms with van der Waals surface area (Å²) in [6.45, 7) is 0.538. The fraction of sp³-hybridized carbons (Fsp3) is 0.0714. The second-order valence-corrected chi connectivity index (χ2v) is 6.98. The molecule has 114 valence electrons. The monoisotopic (exact) mass is 335 g/mol. The first-order valence-corrected chi connectivity index (χ1v) is 8.78. The predicted molar refractivity (Wildman–Crippen MR) is 85.4 cm³/mol. The molecule has 1 aromatic carbocycles. The van der Waals surface area contributed by atoms with E-state index in [0.717, 1.165) is 11.4 Å². The molecule has 0 aliphatic rings. The number of furan rings is 1. The standard InChI is InChI=1S/C14H13N3O3S2/c18-22(19,17-14-15-7-9-21-14)13-5-3-11(4-6-13)16-10-12-2-1-8-20-12/h1-9,16H,10H2,(H,15,17). The van der Waals surface area contributed by atoms with E-state index < -0.39 is 10.0 Å². The van der Waals surface area contributed by atoms with Crippen LogP contribution in [0.4, 0.5) is 10.8 Å². The lowest BCUT2D eigenvalue weighted by molar-refractivity contribution is 0.518. The lowest BCUT2D eigenvalue weighted by Crippen LogP contribution is -2.12. The first-order chi connectivity index (χ1) is 10.6. The summed E-state index contributed by atoms with van der Waals surface area (Å²) in [7, 11) is -3.61. The maximum absolute atomic E-state index is 12.2. The molecule has 0 unspecified atom stereocenters. The van der Waals surface area contributed by atoms with Crippen LogP contribution in [0.1, 0.15) is 5.76 Å². The van der Waals surface area contributed by atoms with Crippen LogP contribution in [0, 0.1) is 0 Å². The van der Waals surface area contributed by atoms with Crippen LogP contribution in [-0.4, -0.2) is 13.4 Å². The van der Waals surface area contributed by atoms with Crippen molar-refractivity contribution in [3.8, 4) is 0 Å². The molecule has 0 saturated carbocycles. The van der Waals surface area contributed by atoms with Gasteiger partial charge in [0.15, 0.2) is 5.13 Å². The minimum Gasteiger partial charge on any atom is -0.467 e. The van der Waals surface area contributed by atoms with Crippen molar-refractivity contribution < 1.29 is 12.8 Å². The van der Waals surface area contributed by atoms with Crippen LogP contribution in [0.3, 0.4) is 0 Å². The van der Waals surface area contributed by atoms with Gasteiger partial charge in [-0.3, -0.25) is 4.72 Å². The summed E-state index contributed by atoms with van der Waals surface area (Å²) in [5, 5.41) is 5.21. The van der Waals surface area contributed by atoms with Crippen LogP contribution < -0.4 is 10.0 Å². The Morgan fingerprint density at radius 1 is 1.18 bits per heavy atom. The Labute approximate surface area is 131 Å². The van der Waals surface area contributed by atoms with Crippen LogP contribution >= 0.6 is 11.3 Å². The first-order valence-electron chi connectivity index (χ1n) is 6.42. The van der Waals surface area contributed by atoms with E-state index in [-0.39, 0.29) is 4.90 Å². The van der Waals surface area contributed by atoms with Gasteiger partial charge < -0.3 is 9.73 Å². The van der Waals surface area contributed by atoms with Crippen LogP contribution in [-0.2, 0) is 16.6 Å². The van der Waals surface area contributed by atoms with Crippen LogP contribution in [0.25, 0.3) is 0 Å². The molecule has 8 heteroatoms. The smallest absolute Gasteiger partial charge is 0.263 e. The van der Waals surface area contributed by atoms with Crippen LogP contribution in [0.15, 0.2) is 63.6 Å². The summed E-state index contributed by atoms with van der Waals surface area (Å²) < 4.78 is 32.0. The number of hydrogen-bond acceptors (Lipinski definition) is 6. The molecule has 2 aromatic heterocycles. The Bertz CT molecular complexity index is 811. The molecular weight excluding hydrogens is 322 g/mol. The van der Waals surface area contributed by atoms with E-state index in [2.05, 4.69) is 15.0 Å². The second kappa shape index (κ2) is 6.20. The molecule has 0 saturated heterocycles. The topological polar surface area (TPSA) is 84.2 Å². The molecule has 6 nitrogen and oxygen atoms in total. The SMILES string of the molecule is O=S(=O)(Nc1nccs1)c1ccc(NCc2ccco2)cc1. The van der Waals surface area contributed by atoms with Gasteiger partial charge in [0.25, 0.3) is 10.0 Å². The number of nitrogens with zero attached hydrogens (tertiary/aromatic N) is 1. The molecule has 0 radical (unpaired) electrons. The Kier molecular flexibility index (Phi) is 4.12. The summed E-state index contributed by atoms with van der Waals surface area (Å²) in [4.78, 5) is 4.09. The van der Waals surface area contributed by atoms with Gasteiger partial charge in [0.2, 0.25) is 0 Å². The summed E-state index contributed by atoms with van der Waals surface area (Å²) in [6, 6.07) is 10.2. The second-order valence-electron chi connectivity index (χ2n) is 4.40. The zero-order valence-corrected chi connectivity index (χ0v) is 13.0. The Balaban J connectivity index is 1.68. The average Bonchev–Trinajstić information content (AvgIpc) is 3.18. The molecule has 3 aromatic rings. The Morgan fingerprint density at radius 2 is 2.00 bits per heavy atom. The van der Waals surface area contributed by atoms with Crippen molar-refractivity contribution in [2.45, 2.75) is 11.4 Å². The highest BCUT2D eigenvalue weighted by molar-refractivity contribution is 7.93. The van der Waals surface area contributed by atoms with Crippen molar-refractivity contribution in [2.24, 2.45) is 0 Å². The minimum absolute atomic E-state index is 0.186. The molecule has 2 heterocycles. The number of anilines is 2. The van der Waals surface area contributed by atoms with Crippen LogP contribution in [0.5, 0.6) is 0 Å². The van der Waals surface area contributed by atoms with Gasteiger partial charge in [0, 0.05) is 17.3 Å². The molecule has 22 heavy (non-hydrogen) atoms. The maximum Gasteiger partial charge on any atom is 0.263 e. The molecule has 0 atom stereocenters. The fourth-order valence-corrected chi connectivity index (χ4v) is 3.59. The molecule has 0 spiro atoms.